The number of amides is 1. The monoisotopic (exact) mass is 404 g/mol. The molecule has 0 spiro atoms. The van der Waals surface area contributed by atoms with Gasteiger partial charge < -0.3 is 10.1 Å². The van der Waals surface area contributed by atoms with E-state index in [2.05, 4.69) is 10.4 Å². The van der Waals surface area contributed by atoms with E-state index in [9.17, 15) is 13.2 Å². The predicted molar refractivity (Wildman–Crippen MR) is 102 cm³/mol. The number of ether oxygens (including phenoxy) is 1. The van der Waals surface area contributed by atoms with E-state index in [0.29, 0.717) is 36.8 Å². The fourth-order valence-electron chi connectivity index (χ4n) is 3.94. The van der Waals surface area contributed by atoms with E-state index in [1.807, 2.05) is 6.92 Å². The van der Waals surface area contributed by atoms with Crippen molar-refractivity contribution in [3.63, 3.8) is 0 Å². The van der Waals surface area contributed by atoms with Crippen LogP contribution in [-0.4, -0.2) is 60.8 Å². The number of hydrogen-bond donors (Lipinski definition) is 1. The molecule has 0 saturated carbocycles. The lowest BCUT2D eigenvalue weighted by molar-refractivity contribution is 0.0924. The number of sulfonamides is 1. The third-order valence-corrected chi connectivity index (χ3v) is 7.49. The molecule has 8 nitrogen and oxygen atoms in total. The number of nitrogens with one attached hydrogen (secondary N) is 1. The van der Waals surface area contributed by atoms with Crippen LogP contribution < -0.4 is 5.32 Å². The number of rotatable bonds is 5. The van der Waals surface area contributed by atoms with Crippen molar-refractivity contribution in [1.82, 2.24) is 19.4 Å². The van der Waals surface area contributed by atoms with E-state index in [1.165, 1.54) is 8.99 Å². The largest absolute Gasteiger partial charge is 0.376 e. The number of aryl methyl sites for hydroxylation is 2. The van der Waals surface area contributed by atoms with Gasteiger partial charge >= 0.3 is 0 Å². The van der Waals surface area contributed by atoms with Crippen LogP contribution in [-0.2, 0) is 21.8 Å². The Morgan fingerprint density at radius 3 is 2.68 bits per heavy atom. The first-order valence-electron chi connectivity index (χ1n) is 9.31. The van der Waals surface area contributed by atoms with Gasteiger partial charge in [-0.1, -0.05) is 17.7 Å². The molecule has 1 aromatic carbocycles. The Balaban J connectivity index is 1.40. The summed E-state index contributed by atoms with van der Waals surface area (Å²) in [5.74, 6) is -0.0296. The molecule has 2 aliphatic rings. The van der Waals surface area contributed by atoms with E-state index in [0.717, 1.165) is 5.56 Å². The molecule has 2 aromatic rings. The molecular weight excluding hydrogens is 380 g/mol. The average Bonchev–Trinajstić information content (AvgIpc) is 3.36. The van der Waals surface area contributed by atoms with E-state index in [4.69, 9.17) is 4.74 Å². The van der Waals surface area contributed by atoms with Crippen LogP contribution in [0, 0.1) is 18.8 Å². The first-order chi connectivity index (χ1) is 13.4. The van der Waals surface area contributed by atoms with Crippen LogP contribution in [0.2, 0.25) is 0 Å². The maximum Gasteiger partial charge on any atom is 0.269 e. The molecule has 1 amide bonds. The molecule has 4 rings (SSSR count). The number of carbonyl (C=O) groups excluding carboxylic acids is 1. The topological polar surface area (TPSA) is 93.5 Å². The summed E-state index contributed by atoms with van der Waals surface area (Å²) in [5.41, 5.74) is 1.51. The molecule has 1 aromatic heterocycles. The number of carbonyl (C=O) groups is 1. The molecule has 1 N–H and O–H groups in total. The van der Waals surface area contributed by atoms with Gasteiger partial charge in [0.05, 0.1) is 17.6 Å². The highest BCUT2D eigenvalue weighted by atomic mass is 32.2. The molecule has 2 fully saturated rings. The summed E-state index contributed by atoms with van der Waals surface area (Å²) in [6.45, 7) is 3.66. The molecule has 9 heteroatoms. The molecule has 0 radical (unpaired) electrons. The maximum atomic E-state index is 12.9. The van der Waals surface area contributed by atoms with Gasteiger partial charge in [0.1, 0.15) is 5.69 Å². The molecule has 0 aliphatic carbocycles. The van der Waals surface area contributed by atoms with Gasteiger partial charge in [0.2, 0.25) is 10.0 Å². The molecule has 150 valence electrons. The van der Waals surface area contributed by atoms with Crippen molar-refractivity contribution in [3.05, 3.63) is 47.8 Å². The minimum atomic E-state index is -3.54. The third kappa shape index (κ3) is 3.45. The molecule has 28 heavy (non-hydrogen) atoms. The van der Waals surface area contributed by atoms with Crippen LogP contribution in [0.1, 0.15) is 16.1 Å². The van der Waals surface area contributed by atoms with Gasteiger partial charge in [-0.3, -0.25) is 9.48 Å². The van der Waals surface area contributed by atoms with Crippen molar-refractivity contribution in [2.75, 3.05) is 26.2 Å². The number of hydrogen-bond acceptors (Lipinski definition) is 5. The van der Waals surface area contributed by atoms with Gasteiger partial charge in [0.25, 0.3) is 5.91 Å². The second-order valence-corrected chi connectivity index (χ2v) is 9.42. The fraction of sp³-hybridized carbons (Fsp3) is 0.474. The average molecular weight is 404 g/mol. The smallest absolute Gasteiger partial charge is 0.269 e. The zero-order chi connectivity index (χ0) is 19.9. The van der Waals surface area contributed by atoms with Gasteiger partial charge in [-0.05, 0) is 25.1 Å². The third-order valence-electron chi connectivity index (χ3n) is 5.64. The lowest BCUT2D eigenvalue weighted by atomic mass is 9.93. The first kappa shape index (κ1) is 19.1. The number of aromatic nitrogens is 2. The van der Waals surface area contributed by atoms with Gasteiger partial charge in [-0.15, -0.1) is 0 Å². The van der Waals surface area contributed by atoms with Gasteiger partial charge in [-0.2, -0.15) is 9.40 Å². The van der Waals surface area contributed by atoms with E-state index in [-0.39, 0.29) is 23.8 Å². The van der Waals surface area contributed by atoms with E-state index in [1.54, 1.807) is 43.6 Å². The standard InChI is InChI=1S/C19H24N4O4S/c1-13-3-5-15(6-4-13)28(25,26)23-10-16-14(12-27-18(16)11-23)9-20-19(24)17-7-8-21-22(17)2/h3-8,14,16,18H,9-12H2,1-2H3,(H,20,24)/t14-,16+,18+/m0/s1. The highest BCUT2D eigenvalue weighted by Crippen LogP contribution is 2.36. The summed E-state index contributed by atoms with van der Waals surface area (Å²) in [4.78, 5) is 12.6. The summed E-state index contributed by atoms with van der Waals surface area (Å²) in [6.07, 6.45) is 1.45. The van der Waals surface area contributed by atoms with Crippen LogP contribution in [0.15, 0.2) is 41.4 Å². The van der Waals surface area contributed by atoms with Crippen molar-refractivity contribution < 1.29 is 17.9 Å². The minimum Gasteiger partial charge on any atom is -0.376 e. The molecular formula is C19H24N4O4S. The number of fused-ring (bicyclic) bond motifs is 1. The van der Waals surface area contributed by atoms with Crippen molar-refractivity contribution in [2.45, 2.75) is 17.9 Å². The second kappa shape index (κ2) is 7.31. The second-order valence-electron chi connectivity index (χ2n) is 7.48. The molecule has 3 atom stereocenters. The zero-order valence-corrected chi connectivity index (χ0v) is 16.7. The summed E-state index contributed by atoms with van der Waals surface area (Å²) < 4.78 is 34.7. The molecule has 2 saturated heterocycles. The Labute approximate surface area is 164 Å². The van der Waals surface area contributed by atoms with Crippen LogP contribution in [0.25, 0.3) is 0 Å². The Hall–Kier alpha value is -2.23. The highest BCUT2D eigenvalue weighted by Gasteiger charge is 2.47. The Morgan fingerprint density at radius 1 is 1.25 bits per heavy atom. The van der Waals surface area contributed by atoms with E-state index < -0.39 is 10.0 Å². The lowest BCUT2D eigenvalue weighted by Gasteiger charge is -2.20. The van der Waals surface area contributed by atoms with Crippen molar-refractivity contribution >= 4 is 15.9 Å². The quantitative estimate of drug-likeness (QED) is 0.795. The first-order valence-corrected chi connectivity index (χ1v) is 10.7. The van der Waals surface area contributed by atoms with Crippen LogP contribution in [0.3, 0.4) is 0 Å². The SMILES string of the molecule is Cc1ccc(S(=O)(=O)N2C[C@@H]3[C@@H](CNC(=O)c4ccnn4C)CO[C@@H]3C2)cc1. The molecule has 0 unspecified atom stereocenters. The normalized spacial score (nSPS) is 25.0. The number of nitrogens with zero attached hydrogens (tertiary/aromatic N) is 3. The summed E-state index contributed by atoms with van der Waals surface area (Å²) in [5, 5.41) is 6.92. The van der Waals surface area contributed by atoms with Gasteiger partial charge in [0, 0.05) is 44.7 Å². The van der Waals surface area contributed by atoms with E-state index >= 15 is 0 Å². The summed E-state index contributed by atoms with van der Waals surface area (Å²) in [6, 6.07) is 8.55. The molecule has 2 aliphatic heterocycles. The van der Waals surface area contributed by atoms with Crippen molar-refractivity contribution in [2.24, 2.45) is 18.9 Å². The van der Waals surface area contributed by atoms with Crippen LogP contribution in [0.5, 0.6) is 0 Å². The maximum absolute atomic E-state index is 12.9. The Bertz CT molecular complexity index is 970. The van der Waals surface area contributed by atoms with Crippen molar-refractivity contribution in [3.8, 4) is 0 Å². The van der Waals surface area contributed by atoms with Crippen LogP contribution in [0.4, 0.5) is 0 Å². The molecule has 0 bridgehead atoms. The minimum absolute atomic E-state index is 0.0760. The Morgan fingerprint density at radius 2 is 2.00 bits per heavy atom. The lowest BCUT2D eigenvalue weighted by Crippen LogP contribution is -2.36. The Kier molecular flexibility index (Phi) is 4.98. The van der Waals surface area contributed by atoms with Crippen LogP contribution >= 0.6 is 0 Å². The van der Waals surface area contributed by atoms with Crippen molar-refractivity contribution in [1.29, 1.82) is 0 Å². The summed E-state index contributed by atoms with van der Waals surface area (Å²) >= 11 is 0. The fourth-order valence-corrected chi connectivity index (χ4v) is 5.43. The summed E-state index contributed by atoms with van der Waals surface area (Å²) in [7, 11) is -1.82. The molecule has 3 heterocycles. The van der Waals surface area contributed by atoms with Gasteiger partial charge in [0.15, 0.2) is 0 Å². The number of benzene rings is 1. The zero-order valence-electron chi connectivity index (χ0n) is 15.9. The predicted octanol–water partition coefficient (Wildman–Crippen LogP) is 0.794. The van der Waals surface area contributed by atoms with Gasteiger partial charge in [-0.25, -0.2) is 8.42 Å². The highest BCUT2D eigenvalue weighted by molar-refractivity contribution is 7.89.